The molecule has 0 fully saturated rings. The zero-order valence-electron chi connectivity index (χ0n) is 12.1. The minimum atomic E-state index is -2.99. The van der Waals surface area contributed by atoms with Gasteiger partial charge in [-0.1, -0.05) is 26.8 Å². The van der Waals surface area contributed by atoms with Crippen molar-refractivity contribution in [2.45, 2.75) is 32.8 Å². The maximum atomic E-state index is 12.7. The monoisotopic (exact) mass is 290 g/mol. The number of ether oxygens (including phenoxy) is 1. The number of nitrogens with two attached hydrogens (primary N) is 1. The topological polar surface area (TPSA) is 59.0 Å². The SMILES string of the molecule is CC(C)(C)c1cc(N)cc2ccc(C#N)c(OC(F)F)c12. The van der Waals surface area contributed by atoms with Gasteiger partial charge >= 0.3 is 6.61 Å². The summed E-state index contributed by atoms with van der Waals surface area (Å²) in [5.74, 6) is -0.0880. The summed E-state index contributed by atoms with van der Waals surface area (Å²) >= 11 is 0. The van der Waals surface area contributed by atoms with Crippen molar-refractivity contribution in [1.29, 1.82) is 5.26 Å². The summed E-state index contributed by atoms with van der Waals surface area (Å²) < 4.78 is 30.1. The van der Waals surface area contributed by atoms with E-state index < -0.39 is 6.61 Å². The van der Waals surface area contributed by atoms with Gasteiger partial charge in [0.05, 0.1) is 5.56 Å². The molecular weight excluding hydrogens is 274 g/mol. The molecule has 0 amide bonds. The first-order chi connectivity index (χ1) is 9.74. The number of rotatable bonds is 2. The van der Waals surface area contributed by atoms with Crippen LogP contribution in [0.25, 0.3) is 10.8 Å². The van der Waals surface area contributed by atoms with Gasteiger partial charge in [-0.25, -0.2) is 0 Å². The Kier molecular flexibility index (Phi) is 3.73. The third kappa shape index (κ3) is 2.89. The van der Waals surface area contributed by atoms with Gasteiger partial charge in [-0.3, -0.25) is 0 Å². The average molecular weight is 290 g/mol. The van der Waals surface area contributed by atoms with Crippen LogP contribution in [0.5, 0.6) is 5.75 Å². The minimum Gasteiger partial charge on any atom is -0.433 e. The molecule has 0 unspecified atom stereocenters. The highest BCUT2D eigenvalue weighted by Gasteiger charge is 2.23. The van der Waals surface area contributed by atoms with Crippen molar-refractivity contribution >= 4 is 16.5 Å². The van der Waals surface area contributed by atoms with E-state index in [1.807, 2.05) is 26.8 Å². The summed E-state index contributed by atoms with van der Waals surface area (Å²) in [5, 5.41) is 10.3. The van der Waals surface area contributed by atoms with E-state index in [0.717, 1.165) is 5.56 Å². The number of nitrogen functional groups attached to an aromatic ring is 1. The molecule has 0 aliphatic heterocycles. The highest BCUT2D eigenvalue weighted by molar-refractivity contribution is 5.96. The van der Waals surface area contributed by atoms with E-state index >= 15 is 0 Å². The van der Waals surface area contributed by atoms with Crippen LogP contribution in [0, 0.1) is 11.3 Å². The van der Waals surface area contributed by atoms with Crippen molar-refractivity contribution in [2.24, 2.45) is 0 Å². The molecule has 110 valence electrons. The molecule has 2 N–H and O–H groups in total. The first kappa shape index (κ1) is 15.0. The van der Waals surface area contributed by atoms with Crippen molar-refractivity contribution in [3.8, 4) is 11.8 Å². The van der Waals surface area contributed by atoms with Gasteiger partial charge in [-0.2, -0.15) is 14.0 Å². The number of nitrogens with zero attached hydrogens (tertiary/aromatic N) is 1. The van der Waals surface area contributed by atoms with Crippen molar-refractivity contribution in [3.63, 3.8) is 0 Å². The summed E-state index contributed by atoms with van der Waals surface area (Å²) in [7, 11) is 0. The second-order valence-corrected chi connectivity index (χ2v) is 5.85. The smallest absolute Gasteiger partial charge is 0.387 e. The van der Waals surface area contributed by atoms with Crippen LogP contribution in [-0.2, 0) is 5.41 Å². The van der Waals surface area contributed by atoms with Crippen LogP contribution in [0.1, 0.15) is 31.9 Å². The number of fused-ring (bicyclic) bond motifs is 1. The lowest BCUT2D eigenvalue weighted by Gasteiger charge is -2.24. The van der Waals surface area contributed by atoms with E-state index in [-0.39, 0.29) is 16.7 Å². The van der Waals surface area contributed by atoms with E-state index in [4.69, 9.17) is 11.0 Å². The first-order valence-electron chi connectivity index (χ1n) is 6.45. The molecule has 0 aromatic heterocycles. The Balaban J connectivity index is 2.92. The van der Waals surface area contributed by atoms with E-state index in [0.29, 0.717) is 16.5 Å². The Labute approximate surface area is 121 Å². The summed E-state index contributed by atoms with van der Waals surface area (Å²) in [6.45, 7) is 2.86. The molecule has 0 aliphatic carbocycles. The molecule has 0 saturated heterocycles. The Morgan fingerprint density at radius 3 is 2.43 bits per heavy atom. The number of hydrogen-bond acceptors (Lipinski definition) is 3. The molecule has 0 saturated carbocycles. The van der Waals surface area contributed by atoms with Crippen LogP contribution in [0.4, 0.5) is 14.5 Å². The highest BCUT2D eigenvalue weighted by atomic mass is 19.3. The largest absolute Gasteiger partial charge is 0.433 e. The molecule has 2 rings (SSSR count). The molecule has 3 nitrogen and oxygen atoms in total. The van der Waals surface area contributed by atoms with Gasteiger partial charge in [0.1, 0.15) is 6.07 Å². The zero-order chi connectivity index (χ0) is 15.8. The van der Waals surface area contributed by atoms with Crippen LogP contribution in [-0.4, -0.2) is 6.61 Å². The normalized spacial score (nSPS) is 11.7. The molecular formula is C16H16F2N2O. The Morgan fingerprint density at radius 1 is 1.24 bits per heavy atom. The second kappa shape index (κ2) is 5.21. The van der Waals surface area contributed by atoms with E-state index in [9.17, 15) is 8.78 Å². The second-order valence-electron chi connectivity index (χ2n) is 5.85. The predicted molar refractivity (Wildman–Crippen MR) is 78.4 cm³/mol. The third-order valence-corrected chi connectivity index (χ3v) is 3.23. The Hall–Kier alpha value is -2.35. The summed E-state index contributed by atoms with van der Waals surface area (Å²) in [6.07, 6.45) is 0. The van der Waals surface area contributed by atoms with E-state index in [1.165, 1.54) is 6.07 Å². The number of alkyl halides is 2. The van der Waals surface area contributed by atoms with Crippen LogP contribution < -0.4 is 10.5 Å². The van der Waals surface area contributed by atoms with Gasteiger partial charge in [0.25, 0.3) is 0 Å². The number of anilines is 1. The Morgan fingerprint density at radius 2 is 1.90 bits per heavy atom. The standard InChI is InChI=1S/C16H16F2N2O/c1-16(2,3)12-7-11(20)6-9-4-5-10(8-19)14(13(9)12)21-15(17)18/h4-7,15H,20H2,1-3H3. The number of halogens is 2. The van der Waals surface area contributed by atoms with Gasteiger partial charge in [-0.15, -0.1) is 0 Å². The van der Waals surface area contributed by atoms with Crippen LogP contribution in [0.3, 0.4) is 0 Å². The molecule has 5 heteroatoms. The fourth-order valence-electron chi connectivity index (χ4n) is 2.35. The lowest BCUT2D eigenvalue weighted by molar-refractivity contribution is -0.0490. The summed E-state index contributed by atoms with van der Waals surface area (Å²) in [4.78, 5) is 0. The maximum Gasteiger partial charge on any atom is 0.387 e. The van der Waals surface area contributed by atoms with Gasteiger partial charge in [0.15, 0.2) is 5.75 Å². The molecule has 0 heterocycles. The van der Waals surface area contributed by atoms with Gasteiger partial charge in [0, 0.05) is 11.1 Å². The molecule has 0 radical (unpaired) electrons. The van der Waals surface area contributed by atoms with Crippen molar-refractivity contribution in [3.05, 3.63) is 35.4 Å². The average Bonchev–Trinajstić information content (AvgIpc) is 2.36. The van der Waals surface area contributed by atoms with Gasteiger partial charge < -0.3 is 10.5 Å². The highest BCUT2D eigenvalue weighted by Crippen LogP contribution is 2.39. The predicted octanol–water partition coefficient (Wildman–Crippen LogP) is 4.19. The first-order valence-corrected chi connectivity index (χ1v) is 6.45. The lowest BCUT2D eigenvalue weighted by atomic mass is 9.82. The lowest BCUT2D eigenvalue weighted by Crippen LogP contribution is -2.14. The minimum absolute atomic E-state index is 0.0815. The number of hydrogen-bond donors (Lipinski definition) is 1. The number of nitriles is 1. The molecule has 2 aromatic rings. The van der Waals surface area contributed by atoms with E-state index in [2.05, 4.69) is 4.74 Å². The quantitative estimate of drug-likeness (QED) is 0.843. The molecule has 2 aromatic carbocycles. The van der Waals surface area contributed by atoms with Crippen LogP contribution >= 0.6 is 0 Å². The molecule has 21 heavy (non-hydrogen) atoms. The zero-order valence-corrected chi connectivity index (χ0v) is 12.1. The van der Waals surface area contributed by atoms with Crippen LogP contribution in [0.15, 0.2) is 24.3 Å². The molecule has 0 atom stereocenters. The Bertz CT molecular complexity index is 728. The fourth-order valence-corrected chi connectivity index (χ4v) is 2.35. The maximum absolute atomic E-state index is 12.7. The molecule has 0 aliphatic rings. The molecule has 0 bridgehead atoms. The summed E-state index contributed by atoms with van der Waals surface area (Å²) in [5.41, 5.74) is 6.95. The molecule has 0 spiro atoms. The van der Waals surface area contributed by atoms with Gasteiger partial charge in [0.2, 0.25) is 0 Å². The van der Waals surface area contributed by atoms with Crippen molar-refractivity contribution < 1.29 is 13.5 Å². The van der Waals surface area contributed by atoms with Crippen LogP contribution in [0.2, 0.25) is 0 Å². The summed E-state index contributed by atoms with van der Waals surface area (Å²) in [6, 6.07) is 8.48. The van der Waals surface area contributed by atoms with E-state index in [1.54, 1.807) is 18.2 Å². The number of benzene rings is 2. The van der Waals surface area contributed by atoms with Gasteiger partial charge in [-0.05, 0) is 34.6 Å². The van der Waals surface area contributed by atoms with Crippen molar-refractivity contribution in [1.82, 2.24) is 0 Å². The van der Waals surface area contributed by atoms with Crippen molar-refractivity contribution in [2.75, 3.05) is 5.73 Å². The fraction of sp³-hybridized carbons (Fsp3) is 0.312. The third-order valence-electron chi connectivity index (χ3n) is 3.23.